The van der Waals surface area contributed by atoms with E-state index in [9.17, 15) is 9.90 Å². The van der Waals surface area contributed by atoms with Crippen LogP contribution in [-0.4, -0.2) is 31.2 Å². The van der Waals surface area contributed by atoms with Crippen LogP contribution in [0.3, 0.4) is 0 Å². The van der Waals surface area contributed by atoms with Gasteiger partial charge in [-0.1, -0.05) is 12.1 Å². The summed E-state index contributed by atoms with van der Waals surface area (Å²) in [6.45, 7) is 0.943. The van der Waals surface area contributed by atoms with Gasteiger partial charge in [0.25, 0.3) is 0 Å². The lowest BCUT2D eigenvalue weighted by atomic mass is 10.2. The van der Waals surface area contributed by atoms with Crippen LogP contribution in [0.25, 0.3) is 0 Å². The summed E-state index contributed by atoms with van der Waals surface area (Å²) in [6, 6.07) is 7.61. The molecule has 1 N–H and O–H groups in total. The van der Waals surface area contributed by atoms with Crippen molar-refractivity contribution < 1.29 is 19.4 Å². The van der Waals surface area contributed by atoms with Crippen molar-refractivity contribution in [3.63, 3.8) is 0 Å². The molecular formula is C13H18O4. The smallest absolute Gasteiger partial charge is 0.122 e. The lowest BCUT2D eigenvalue weighted by Gasteiger charge is -2.08. The van der Waals surface area contributed by atoms with Gasteiger partial charge in [-0.15, -0.1) is 0 Å². The van der Waals surface area contributed by atoms with Gasteiger partial charge < -0.3 is 19.4 Å². The molecule has 94 valence electrons. The largest absolute Gasteiger partial charge is 0.497 e. The van der Waals surface area contributed by atoms with E-state index in [1.165, 1.54) is 0 Å². The van der Waals surface area contributed by atoms with Crippen LogP contribution in [0.1, 0.15) is 18.4 Å². The van der Waals surface area contributed by atoms with Crippen LogP contribution in [0.15, 0.2) is 24.3 Å². The zero-order valence-corrected chi connectivity index (χ0v) is 9.96. The maximum atomic E-state index is 10.1. The second-order valence-corrected chi connectivity index (χ2v) is 3.75. The van der Waals surface area contributed by atoms with Crippen LogP contribution in [0.2, 0.25) is 0 Å². The van der Waals surface area contributed by atoms with Gasteiger partial charge in [-0.3, -0.25) is 0 Å². The van der Waals surface area contributed by atoms with E-state index >= 15 is 0 Å². The van der Waals surface area contributed by atoms with Gasteiger partial charge >= 0.3 is 0 Å². The Morgan fingerprint density at radius 2 is 2.06 bits per heavy atom. The molecule has 1 aromatic carbocycles. The minimum atomic E-state index is -0.594. The Morgan fingerprint density at radius 3 is 2.65 bits per heavy atom. The fourth-order valence-corrected chi connectivity index (χ4v) is 1.36. The number of aliphatic hydroxyl groups excluding tert-OH is 1. The molecule has 17 heavy (non-hydrogen) atoms. The van der Waals surface area contributed by atoms with E-state index < -0.39 is 6.10 Å². The van der Waals surface area contributed by atoms with Crippen molar-refractivity contribution in [2.45, 2.75) is 25.6 Å². The number of ether oxygens (including phenoxy) is 2. The Bertz CT molecular complexity index is 321. The molecule has 4 heteroatoms. The number of rotatable bonds is 8. The third kappa shape index (κ3) is 5.47. The molecule has 0 unspecified atom stereocenters. The number of benzene rings is 1. The Balaban J connectivity index is 2.19. The molecule has 0 heterocycles. The molecule has 1 aromatic rings. The Kier molecular flexibility index (Phi) is 6.29. The fraction of sp³-hybridized carbons (Fsp3) is 0.462. The normalized spacial score (nSPS) is 12.1. The van der Waals surface area contributed by atoms with E-state index in [1.807, 2.05) is 24.3 Å². The third-order valence-corrected chi connectivity index (χ3v) is 2.39. The van der Waals surface area contributed by atoms with Gasteiger partial charge in [-0.05, 0) is 24.1 Å². The first kappa shape index (κ1) is 13.7. The van der Waals surface area contributed by atoms with Crippen LogP contribution < -0.4 is 4.74 Å². The van der Waals surface area contributed by atoms with Crippen LogP contribution in [-0.2, 0) is 16.1 Å². The van der Waals surface area contributed by atoms with Crippen molar-refractivity contribution >= 4 is 6.29 Å². The van der Waals surface area contributed by atoms with Gasteiger partial charge in [0.05, 0.1) is 19.8 Å². The molecule has 4 nitrogen and oxygen atoms in total. The van der Waals surface area contributed by atoms with Gasteiger partial charge in [0, 0.05) is 13.0 Å². The fourth-order valence-electron chi connectivity index (χ4n) is 1.36. The van der Waals surface area contributed by atoms with Crippen LogP contribution in [0, 0.1) is 0 Å². The molecule has 1 atom stereocenters. The lowest BCUT2D eigenvalue weighted by Crippen LogP contribution is -2.10. The number of hydrogen-bond donors (Lipinski definition) is 1. The van der Waals surface area contributed by atoms with Crippen molar-refractivity contribution in [2.75, 3.05) is 13.7 Å². The number of aliphatic hydroxyl groups is 1. The highest BCUT2D eigenvalue weighted by atomic mass is 16.5. The van der Waals surface area contributed by atoms with Crippen molar-refractivity contribution in [3.8, 4) is 5.75 Å². The highest BCUT2D eigenvalue weighted by Gasteiger charge is 2.02. The molecule has 0 spiro atoms. The molecule has 0 saturated heterocycles. The highest BCUT2D eigenvalue weighted by Crippen LogP contribution is 2.12. The molecule has 1 rings (SSSR count). The molecule has 0 aliphatic heterocycles. The monoisotopic (exact) mass is 238 g/mol. The van der Waals surface area contributed by atoms with Crippen LogP contribution >= 0.6 is 0 Å². The summed E-state index contributed by atoms with van der Waals surface area (Å²) in [7, 11) is 1.62. The van der Waals surface area contributed by atoms with Crippen LogP contribution in [0.4, 0.5) is 0 Å². The van der Waals surface area contributed by atoms with Gasteiger partial charge in [-0.25, -0.2) is 0 Å². The lowest BCUT2D eigenvalue weighted by molar-refractivity contribution is -0.109. The zero-order valence-electron chi connectivity index (χ0n) is 9.96. The van der Waals surface area contributed by atoms with E-state index in [0.717, 1.165) is 11.3 Å². The number of carbonyl (C=O) groups is 1. The Morgan fingerprint density at radius 1 is 1.35 bits per heavy atom. The molecule has 0 aliphatic carbocycles. The highest BCUT2D eigenvalue weighted by molar-refractivity contribution is 5.49. The summed E-state index contributed by atoms with van der Waals surface area (Å²) in [5.74, 6) is 0.815. The predicted octanol–water partition coefficient (Wildman–Crippen LogP) is 1.55. The number of methoxy groups -OCH3 is 1. The summed E-state index contributed by atoms with van der Waals surface area (Å²) in [4.78, 5) is 10.1. The molecule has 0 fully saturated rings. The van der Waals surface area contributed by atoms with Gasteiger partial charge in [0.2, 0.25) is 0 Å². The van der Waals surface area contributed by atoms with Gasteiger partial charge in [-0.2, -0.15) is 0 Å². The first-order chi connectivity index (χ1) is 8.26. The quantitative estimate of drug-likeness (QED) is 0.551. The van der Waals surface area contributed by atoms with Gasteiger partial charge in [0.15, 0.2) is 0 Å². The molecule has 0 aliphatic rings. The average Bonchev–Trinajstić information content (AvgIpc) is 2.36. The number of hydrogen-bond acceptors (Lipinski definition) is 4. The van der Waals surface area contributed by atoms with E-state index in [2.05, 4.69) is 0 Å². The summed E-state index contributed by atoms with van der Waals surface area (Å²) < 4.78 is 10.4. The second kappa shape index (κ2) is 7.81. The average molecular weight is 238 g/mol. The predicted molar refractivity (Wildman–Crippen MR) is 64.0 cm³/mol. The summed E-state index contributed by atoms with van der Waals surface area (Å²) >= 11 is 0. The number of carbonyl (C=O) groups excluding carboxylic acids is 1. The summed E-state index contributed by atoms with van der Waals surface area (Å²) in [6.07, 6.45) is 0.776. The summed E-state index contributed by atoms with van der Waals surface area (Å²) in [5, 5.41) is 9.29. The van der Waals surface area contributed by atoms with Gasteiger partial charge in [0.1, 0.15) is 12.0 Å². The maximum absolute atomic E-state index is 10.1. The van der Waals surface area contributed by atoms with E-state index in [0.29, 0.717) is 25.9 Å². The molecule has 0 bridgehead atoms. The van der Waals surface area contributed by atoms with Crippen LogP contribution in [0.5, 0.6) is 5.75 Å². The maximum Gasteiger partial charge on any atom is 0.122 e. The first-order valence-electron chi connectivity index (χ1n) is 5.58. The van der Waals surface area contributed by atoms with Crippen molar-refractivity contribution in [1.29, 1.82) is 0 Å². The number of aldehydes is 1. The van der Waals surface area contributed by atoms with Crippen molar-refractivity contribution in [3.05, 3.63) is 29.8 Å². The van der Waals surface area contributed by atoms with E-state index in [4.69, 9.17) is 9.47 Å². The molecule has 0 amide bonds. The molecular weight excluding hydrogens is 220 g/mol. The topological polar surface area (TPSA) is 55.8 Å². The standard InChI is InChI=1S/C13H18O4/c1-16-13-4-2-11(3-5-13)10-17-9-7-12(15)6-8-14/h2-5,8,12,15H,6-7,9-10H2,1H3/t12-/m0/s1. The summed E-state index contributed by atoms with van der Waals surface area (Å²) in [5.41, 5.74) is 1.05. The Hall–Kier alpha value is -1.39. The third-order valence-electron chi connectivity index (χ3n) is 2.39. The minimum Gasteiger partial charge on any atom is -0.497 e. The Labute approximate surface area is 101 Å². The van der Waals surface area contributed by atoms with Crippen molar-refractivity contribution in [2.24, 2.45) is 0 Å². The zero-order chi connectivity index (χ0) is 12.5. The SMILES string of the molecule is COc1ccc(COCC[C@@H](O)CC=O)cc1. The van der Waals surface area contributed by atoms with E-state index in [1.54, 1.807) is 7.11 Å². The molecule has 0 radical (unpaired) electrons. The van der Waals surface area contributed by atoms with Crippen molar-refractivity contribution in [1.82, 2.24) is 0 Å². The van der Waals surface area contributed by atoms with E-state index in [-0.39, 0.29) is 6.42 Å². The first-order valence-corrected chi connectivity index (χ1v) is 5.58. The minimum absolute atomic E-state index is 0.173. The molecule has 0 aromatic heterocycles. The second-order valence-electron chi connectivity index (χ2n) is 3.75. The molecule has 0 saturated carbocycles.